The van der Waals surface area contributed by atoms with E-state index in [2.05, 4.69) is 16.8 Å². The number of anilines is 1. The third-order valence-corrected chi connectivity index (χ3v) is 5.71. The maximum Gasteiger partial charge on any atom is 0.312 e. The first kappa shape index (κ1) is 19.0. The first-order valence-corrected chi connectivity index (χ1v) is 9.58. The lowest BCUT2D eigenvalue weighted by Gasteiger charge is -2.38. The third-order valence-electron chi connectivity index (χ3n) is 5.48. The van der Waals surface area contributed by atoms with Crippen LogP contribution in [0, 0.1) is 0 Å². The van der Waals surface area contributed by atoms with Crippen molar-refractivity contribution < 1.29 is 9.59 Å². The first-order valence-electron chi connectivity index (χ1n) is 9.21. The quantitative estimate of drug-likeness (QED) is 0.732. The van der Waals surface area contributed by atoms with Gasteiger partial charge in [-0.25, -0.2) is 0 Å². The van der Waals surface area contributed by atoms with E-state index in [-0.39, 0.29) is 17.9 Å². The fourth-order valence-electron chi connectivity index (χ4n) is 3.67. The largest absolute Gasteiger partial charge is 0.368 e. The minimum Gasteiger partial charge on any atom is -0.368 e. The van der Waals surface area contributed by atoms with Gasteiger partial charge in [-0.15, -0.1) is 0 Å². The Bertz CT molecular complexity index is 653. The van der Waals surface area contributed by atoms with E-state index in [1.54, 1.807) is 16.8 Å². The second-order valence-corrected chi connectivity index (χ2v) is 7.65. The van der Waals surface area contributed by atoms with E-state index in [4.69, 9.17) is 11.6 Å². The molecule has 0 radical (unpaired) electrons. The van der Waals surface area contributed by atoms with Gasteiger partial charge < -0.3 is 19.6 Å². The molecule has 0 aliphatic carbocycles. The Morgan fingerprint density at radius 1 is 1.08 bits per heavy atom. The normalized spacial score (nSPS) is 19.5. The van der Waals surface area contributed by atoms with Gasteiger partial charge in [-0.1, -0.05) is 17.7 Å². The fourth-order valence-corrected chi connectivity index (χ4v) is 3.86. The second-order valence-electron chi connectivity index (χ2n) is 7.21. The summed E-state index contributed by atoms with van der Waals surface area (Å²) in [6, 6.07) is 7.88. The zero-order valence-electron chi connectivity index (χ0n) is 15.5. The number of likely N-dealkylation sites (tertiary alicyclic amines) is 1. The summed E-state index contributed by atoms with van der Waals surface area (Å²) in [5.74, 6) is -0.757. The van der Waals surface area contributed by atoms with Gasteiger partial charge in [0.1, 0.15) is 0 Å². The van der Waals surface area contributed by atoms with Crippen LogP contribution < -0.4 is 4.90 Å². The molecule has 142 valence electrons. The summed E-state index contributed by atoms with van der Waals surface area (Å²) >= 11 is 6.06. The highest BCUT2D eigenvalue weighted by molar-refractivity contribution is 6.35. The number of likely N-dealkylation sites (N-methyl/N-ethyl adjacent to an activating group) is 1. The molecule has 0 saturated carbocycles. The molecule has 2 fully saturated rings. The summed E-state index contributed by atoms with van der Waals surface area (Å²) < 4.78 is 0. The molecule has 0 atom stereocenters. The molecule has 1 aromatic rings. The van der Waals surface area contributed by atoms with E-state index in [0.29, 0.717) is 31.2 Å². The Kier molecular flexibility index (Phi) is 6.04. The minimum absolute atomic E-state index is 0.162. The summed E-state index contributed by atoms with van der Waals surface area (Å²) in [7, 11) is 3.85. The standard InChI is InChI=1S/C19H27ClN4O2/c1-21-8-6-16(7-9-21)22(2)18(25)19(26)24-12-10-23(11-13-24)17-5-3-4-15(20)14-17/h3-5,14,16H,6-13H2,1-2H3. The van der Waals surface area contributed by atoms with Crippen molar-refractivity contribution in [2.75, 3.05) is 58.3 Å². The van der Waals surface area contributed by atoms with Gasteiger partial charge in [0.15, 0.2) is 0 Å². The molecule has 26 heavy (non-hydrogen) atoms. The van der Waals surface area contributed by atoms with Crippen molar-refractivity contribution in [2.45, 2.75) is 18.9 Å². The number of halogens is 1. The number of benzene rings is 1. The van der Waals surface area contributed by atoms with Crippen LogP contribution in [0.2, 0.25) is 5.02 Å². The predicted octanol–water partition coefficient (Wildman–Crippen LogP) is 1.54. The van der Waals surface area contributed by atoms with Gasteiger partial charge in [0, 0.05) is 50.0 Å². The number of carbonyl (C=O) groups excluding carboxylic acids is 2. The van der Waals surface area contributed by atoms with Crippen LogP contribution in [-0.2, 0) is 9.59 Å². The SMILES string of the molecule is CN1CCC(N(C)C(=O)C(=O)N2CCN(c3cccc(Cl)c3)CC2)CC1. The van der Waals surface area contributed by atoms with E-state index in [0.717, 1.165) is 31.6 Å². The Hall–Kier alpha value is -1.79. The monoisotopic (exact) mass is 378 g/mol. The molecule has 6 nitrogen and oxygen atoms in total. The highest BCUT2D eigenvalue weighted by atomic mass is 35.5. The van der Waals surface area contributed by atoms with Crippen molar-refractivity contribution in [1.29, 1.82) is 0 Å². The Morgan fingerprint density at radius 2 is 1.73 bits per heavy atom. The molecule has 0 N–H and O–H groups in total. The number of piperazine rings is 1. The van der Waals surface area contributed by atoms with Crippen molar-refractivity contribution in [3.05, 3.63) is 29.3 Å². The molecule has 0 spiro atoms. The van der Waals surface area contributed by atoms with Crippen LogP contribution in [0.3, 0.4) is 0 Å². The smallest absolute Gasteiger partial charge is 0.312 e. The van der Waals surface area contributed by atoms with Crippen molar-refractivity contribution in [3.63, 3.8) is 0 Å². The topological polar surface area (TPSA) is 47.1 Å². The lowest BCUT2D eigenvalue weighted by atomic mass is 10.0. The molecule has 7 heteroatoms. The first-order chi connectivity index (χ1) is 12.5. The molecular formula is C19H27ClN4O2. The van der Waals surface area contributed by atoms with E-state index < -0.39 is 0 Å². The number of amides is 2. The van der Waals surface area contributed by atoms with Gasteiger partial charge in [0.25, 0.3) is 0 Å². The van der Waals surface area contributed by atoms with Gasteiger partial charge in [0.05, 0.1) is 0 Å². The lowest BCUT2D eigenvalue weighted by molar-refractivity contribution is -0.152. The van der Waals surface area contributed by atoms with Crippen LogP contribution in [0.15, 0.2) is 24.3 Å². The fraction of sp³-hybridized carbons (Fsp3) is 0.579. The summed E-state index contributed by atoms with van der Waals surface area (Å²) in [6.07, 6.45) is 1.85. The van der Waals surface area contributed by atoms with Gasteiger partial charge in [-0.2, -0.15) is 0 Å². The number of carbonyl (C=O) groups is 2. The van der Waals surface area contributed by atoms with Crippen LogP contribution in [0.25, 0.3) is 0 Å². The van der Waals surface area contributed by atoms with Crippen molar-refractivity contribution in [2.24, 2.45) is 0 Å². The molecular weight excluding hydrogens is 352 g/mol. The molecule has 2 amide bonds. The lowest BCUT2D eigenvalue weighted by Crippen LogP contribution is -2.55. The van der Waals surface area contributed by atoms with Crippen LogP contribution >= 0.6 is 11.6 Å². The summed E-state index contributed by atoms with van der Waals surface area (Å²) in [5.41, 5.74) is 1.05. The summed E-state index contributed by atoms with van der Waals surface area (Å²) in [5, 5.41) is 0.705. The highest BCUT2D eigenvalue weighted by Gasteiger charge is 2.32. The zero-order chi connectivity index (χ0) is 18.7. The van der Waals surface area contributed by atoms with Crippen molar-refractivity contribution in [3.8, 4) is 0 Å². The molecule has 3 rings (SSSR count). The number of rotatable bonds is 2. The van der Waals surface area contributed by atoms with E-state index in [1.165, 1.54) is 0 Å². The minimum atomic E-state index is -0.379. The summed E-state index contributed by atoms with van der Waals surface area (Å²) in [6.45, 7) is 4.45. The Morgan fingerprint density at radius 3 is 2.35 bits per heavy atom. The van der Waals surface area contributed by atoms with Gasteiger partial charge in [-0.05, 0) is 51.2 Å². The molecule has 0 unspecified atom stereocenters. The molecule has 2 saturated heterocycles. The van der Waals surface area contributed by atoms with Gasteiger partial charge in [0.2, 0.25) is 0 Å². The van der Waals surface area contributed by atoms with Gasteiger partial charge >= 0.3 is 11.8 Å². The van der Waals surface area contributed by atoms with Crippen LogP contribution in [0.4, 0.5) is 5.69 Å². The van der Waals surface area contributed by atoms with Crippen LogP contribution in [0.5, 0.6) is 0 Å². The van der Waals surface area contributed by atoms with Crippen LogP contribution in [0.1, 0.15) is 12.8 Å². The Labute approximate surface area is 160 Å². The molecule has 2 heterocycles. The number of hydrogen-bond acceptors (Lipinski definition) is 4. The number of hydrogen-bond donors (Lipinski definition) is 0. The molecule has 0 aromatic heterocycles. The van der Waals surface area contributed by atoms with E-state index >= 15 is 0 Å². The maximum atomic E-state index is 12.6. The molecule has 1 aromatic carbocycles. The maximum absolute atomic E-state index is 12.6. The van der Waals surface area contributed by atoms with E-state index in [9.17, 15) is 9.59 Å². The number of piperidine rings is 1. The van der Waals surface area contributed by atoms with Crippen molar-refractivity contribution >= 4 is 29.1 Å². The average molecular weight is 379 g/mol. The highest BCUT2D eigenvalue weighted by Crippen LogP contribution is 2.21. The predicted molar refractivity (Wildman–Crippen MR) is 104 cm³/mol. The zero-order valence-corrected chi connectivity index (χ0v) is 16.3. The van der Waals surface area contributed by atoms with E-state index in [1.807, 2.05) is 24.3 Å². The summed E-state index contributed by atoms with van der Waals surface area (Å²) in [4.78, 5) is 33.0. The van der Waals surface area contributed by atoms with Crippen molar-refractivity contribution in [1.82, 2.24) is 14.7 Å². The molecule has 0 bridgehead atoms. The molecule has 2 aliphatic heterocycles. The number of nitrogens with zero attached hydrogens (tertiary/aromatic N) is 4. The Balaban J connectivity index is 1.53. The van der Waals surface area contributed by atoms with Gasteiger partial charge in [-0.3, -0.25) is 9.59 Å². The molecule has 2 aliphatic rings. The van der Waals surface area contributed by atoms with Crippen LogP contribution in [-0.4, -0.2) is 85.9 Å². The second kappa shape index (κ2) is 8.27. The average Bonchev–Trinajstić information content (AvgIpc) is 2.67. The third kappa shape index (κ3) is 4.30.